The van der Waals surface area contributed by atoms with Gasteiger partial charge in [-0.15, -0.1) is 0 Å². The van der Waals surface area contributed by atoms with E-state index in [-0.39, 0.29) is 64.9 Å². The summed E-state index contributed by atoms with van der Waals surface area (Å²) in [4.78, 5) is 25.3. The van der Waals surface area contributed by atoms with Gasteiger partial charge in [-0.2, -0.15) is 0 Å². The van der Waals surface area contributed by atoms with Gasteiger partial charge in [0.05, 0.1) is 12.2 Å². The lowest BCUT2D eigenvalue weighted by atomic mass is 9.45. The second-order valence-electron chi connectivity index (χ2n) is 13.6. The number of esters is 1. The molecule has 12 atom stereocenters. The van der Waals surface area contributed by atoms with Gasteiger partial charge >= 0.3 is 5.97 Å². The second-order valence-corrected chi connectivity index (χ2v) is 13.6. The van der Waals surface area contributed by atoms with Gasteiger partial charge in [0.15, 0.2) is 5.78 Å². The summed E-state index contributed by atoms with van der Waals surface area (Å²) < 4.78 is 5.49. The molecule has 4 aliphatic carbocycles. The Hall–Kier alpha value is -1.24. The fourth-order valence-electron chi connectivity index (χ4n) is 9.53. The van der Waals surface area contributed by atoms with Crippen molar-refractivity contribution < 1.29 is 29.6 Å². The molecule has 0 amide bonds. The van der Waals surface area contributed by atoms with E-state index in [1.807, 2.05) is 0 Å². The van der Waals surface area contributed by atoms with Crippen molar-refractivity contribution in [3.63, 3.8) is 0 Å². The smallest absolute Gasteiger partial charge is 0.302 e. The van der Waals surface area contributed by atoms with E-state index in [2.05, 4.69) is 34.6 Å². The minimum Gasteiger partial charge on any atom is -0.462 e. The fraction of sp³-hybridized carbons (Fsp3) is 0.871. The second kappa shape index (κ2) is 10.7. The molecule has 37 heavy (non-hydrogen) atoms. The van der Waals surface area contributed by atoms with E-state index in [4.69, 9.17) is 4.74 Å². The Morgan fingerprint density at radius 3 is 2.49 bits per heavy atom. The Morgan fingerprint density at radius 2 is 1.86 bits per heavy atom. The van der Waals surface area contributed by atoms with Crippen molar-refractivity contribution in [1.29, 1.82) is 0 Å². The molecule has 12 unspecified atom stereocenters. The summed E-state index contributed by atoms with van der Waals surface area (Å²) >= 11 is 0. The molecule has 3 saturated carbocycles. The molecule has 6 heteroatoms. The van der Waals surface area contributed by atoms with Gasteiger partial charge in [-0.3, -0.25) is 9.59 Å². The number of ether oxygens (including phenoxy) is 1. The summed E-state index contributed by atoms with van der Waals surface area (Å²) in [6.07, 6.45) is 6.87. The Morgan fingerprint density at radius 1 is 1.16 bits per heavy atom. The zero-order chi connectivity index (χ0) is 27.3. The van der Waals surface area contributed by atoms with Crippen molar-refractivity contribution in [2.45, 2.75) is 111 Å². The molecule has 0 aromatic heterocycles. The number of aliphatic hydroxyl groups is 3. The molecule has 0 radical (unpaired) electrons. The van der Waals surface area contributed by atoms with Crippen LogP contribution in [0.25, 0.3) is 0 Å². The highest BCUT2D eigenvalue weighted by Gasteiger charge is 2.66. The molecular formula is C31H50O6. The van der Waals surface area contributed by atoms with Crippen molar-refractivity contribution >= 4 is 11.8 Å². The van der Waals surface area contributed by atoms with Crippen LogP contribution in [0.4, 0.5) is 0 Å². The number of aliphatic hydroxyl groups excluding tert-OH is 3. The maximum atomic E-state index is 13.7. The first-order valence-corrected chi connectivity index (χ1v) is 14.8. The minimum atomic E-state index is -0.605. The van der Waals surface area contributed by atoms with Gasteiger partial charge in [-0.05, 0) is 72.7 Å². The quantitative estimate of drug-likeness (QED) is 0.403. The third-order valence-electron chi connectivity index (χ3n) is 11.5. The first-order chi connectivity index (χ1) is 17.4. The largest absolute Gasteiger partial charge is 0.462 e. The number of ketones is 1. The highest BCUT2D eigenvalue weighted by Crippen LogP contribution is 2.66. The molecule has 0 heterocycles. The average molecular weight is 519 g/mol. The van der Waals surface area contributed by atoms with Crippen LogP contribution in [0.15, 0.2) is 11.6 Å². The standard InChI is InChI=1S/C31H50O6/c1-7-20(18(3)16-32)9-8-17(2)23-14-25(35)28-27-24(34)13-21-12-22(37-19(4)33)10-11-30(21,5)29(27)26(36)15-31(23,28)6/h13,17-18,20,22-23,25-29,32,35-36H,7-12,14-16H2,1-6H3. The molecule has 210 valence electrons. The van der Waals surface area contributed by atoms with E-state index in [1.165, 1.54) is 6.92 Å². The normalized spacial score (nSPS) is 43.6. The van der Waals surface area contributed by atoms with Crippen molar-refractivity contribution in [2.24, 2.45) is 52.3 Å². The van der Waals surface area contributed by atoms with Crippen LogP contribution >= 0.6 is 0 Å². The molecule has 4 rings (SSSR count). The number of carbonyl (C=O) groups is 2. The lowest BCUT2D eigenvalue weighted by molar-refractivity contribution is -0.164. The molecule has 0 spiro atoms. The van der Waals surface area contributed by atoms with Crippen LogP contribution in [0.2, 0.25) is 0 Å². The SMILES string of the molecule is CCC(CCC(C)C1CC(O)C2C3C(=O)C=C4CC(OC(C)=O)CCC4(C)C3C(O)CC12C)C(C)CO. The zero-order valence-corrected chi connectivity index (χ0v) is 23.8. The highest BCUT2D eigenvalue weighted by atomic mass is 16.5. The molecule has 3 N–H and O–H groups in total. The van der Waals surface area contributed by atoms with E-state index < -0.39 is 12.2 Å². The van der Waals surface area contributed by atoms with Crippen LogP contribution in [-0.2, 0) is 14.3 Å². The van der Waals surface area contributed by atoms with Gasteiger partial charge in [0.2, 0.25) is 0 Å². The Balaban J connectivity index is 1.58. The summed E-state index contributed by atoms with van der Waals surface area (Å²) in [5.74, 6) is 0.370. The average Bonchev–Trinajstić information content (AvgIpc) is 3.09. The van der Waals surface area contributed by atoms with Crippen LogP contribution in [0.3, 0.4) is 0 Å². The predicted octanol–water partition coefficient (Wildman–Crippen LogP) is 4.69. The molecule has 4 aliphatic rings. The van der Waals surface area contributed by atoms with E-state index in [1.54, 1.807) is 6.08 Å². The van der Waals surface area contributed by atoms with Crippen LogP contribution < -0.4 is 0 Å². The van der Waals surface area contributed by atoms with Gasteiger partial charge < -0.3 is 20.1 Å². The Bertz CT molecular complexity index is 898. The molecule has 0 bridgehead atoms. The van der Waals surface area contributed by atoms with Crippen molar-refractivity contribution in [1.82, 2.24) is 0 Å². The number of carbonyl (C=O) groups excluding carboxylic acids is 2. The maximum absolute atomic E-state index is 13.7. The Labute approximate surface area is 223 Å². The van der Waals surface area contributed by atoms with Crippen LogP contribution in [-0.4, -0.2) is 52.0 Å². The number of rotatable bonds is 8. The summed E-state index contributed by atoms with van der Waals surface area (Å²) in [5.41, 5.74) is 0.379. The molecule has 0 aliphatic heterocycles. The molecule has 0 aromatic carbocycles. The lowest BCUT2D eigenvalue weighted by Gasteiger charge is -2.59. The number of allylic oxidation sites excluding steroid dienone is 1. The van der Waals surface area contributed by atoms with E-state index in [0.717, 1.165) is 37.7 Å². The lowest BCUT2D eigenvalue weighted by Crippen LogP contribution is -2.60. The summed E-state index contributed by atoms with van der Waals surface area (Å²) in [5, 5.41) is 32.8. The molecule has 6 nitrogen and oxygen atoms in total. The van der Waals surface area contributed by atoms with Crippen molar-refractivity contribution in [2.75, 3.05) is 6.61 Å². The van der Waals surface area contributed by atoms with E-state index in [0.29, 0.717) is 31.1 Å². The zero-order valence-electron chi connectivity index (χ0n) is 23.8. The van der Waals surface area contributed by atoms with Gasteiger partial charge in [0, 0.05) is 37.7 Å². The van der Waals surface area contributed by atoms with Crippen molar-refractivity contribution in [3.05, 3.63) is 11.6 Å². The first kappa shape index (κ1) is 28.8. The maximum Gasteiger partial charge on any atom is 0.302 e. The Kier molecular flexibility index (Phi) is 8.34. The third kappa shape index (κ3) is 4.96. The number of hydrogen-bond donors (Lipinski definition) is 3. The number of fused-ring (bicyclic) bond motifs is 5. The topological polar surface area (TPSA) is 104 Å². The minimum absolute atomic E-state index is 0.0334. The first-order valence-electron chi connectivity index (χ1n) is 14.8. The van der Waals surface area contributed by atoms with Gasteiger partial charge in [0.1, 0.15) is 6.10 Å². The molecule has 3 fully saturated rings. The molecule has 0 aromatic rings. The van der Waals surface area contributed by atoms with Gasteiger partial charge in [-0.1, -0.05) is 53.0 Å². The van der Waals surface area contributed by atoms with Gasteiger partial charge in [-0.25, -0.2) is 0 Å². The van der Waals surface area contributed by atoms with Crippen LogP contribution in [0.5, 0.6) is 0 Å². The molecular weight excluding hydrogens is 468 g/mol. The predicted molar refractivity (Wildman–Crippen MR) is 142 cm³/mol. The van der Waals surface area contributed by atoms with E-state index >= 15 is 0 Å². The summed E-state index contributed by atoms with van der Waals surface area (Å²) in [7, 11) is 0. The monoisotopic (exact) mass is 518 g/mol. The fourth-order valence-corrected chi connectivity index (χ4v) is 9.53. The van der Waals surface area contributed by atoms with Crippen LogP contribution in [0, 0.1) is 52.3 Å². The van der Waals surface area contributed by atoms with E-state index in [9.17, 15) is 24.9 Å². The molecule has 0 saturated heterocycles. The van der Waals surface area contributed by atoms with Crippen molar-refractivity contribution in [3.8, 4) is 0 Å². The summed E-state index contributed by atoms with van der Waals surface area (Å²) in [6, 6.07) is 0. The van der Waals surface area contributed by atoms with Gasteiger partial charge in [0.25, 0.3) is 0 Å². The highest BCUT2D eigenvalue weighted by molar-refractivity contribution is 5.94. The van der Waals surface area contributed by atoms with Crippen LogP contribution in [0.1, 0.15) is 92.9 Å². The third-order valence-corrected chi connectivity index (χ3v) is 11.5. The summed E-state index contributed by atoms with van der Waals surface area (Å²) in [6.45, 7) is 12.6. The number of hydrogen-bond acceptors (Lipinski definition) is 6.